The second-order valence-corrected chi connectivity index (χ2v) is 2.87. The van der Waals surface area contributed by atoms with Gasteiger partial charge in [0.05, 0.1) is 0 Å². The first kappa shape index (κ1) is 7.66. The molecule has 1 heterocycles. The van der Waals surface area contributed by atoms with E-state index >= 15 is 0 Å². The summed E-state index contributed by atoms with van der Waals surface area (Å²) in [5.41, 5.74) is 5.33. The average molecular weight is 143 g/mol. The third kappa shape index (κ3) is 1.77. The van der Waals surface area contributed by atoms with E-state index in [1.165, 1.54) is 4.76 Å². The van der Waals surface area contributed by atoms with Crippen LogP contribution < -0.4 is 5.73 Å². The molecule has 58 valence electrons. The zero-order valence-electron chi connectivity index (χ0n) is 6.25. The van der Waals surface area contributed by atoms with Gasteiger partial charge in [0.25, 0.3) is 0 Å². The zero-order valence-corrected chi connectivity index (χ0v) is 6.25. The van der Waals surface area contributed by atoms with Crippen LogP contribution >= 0.6 is 0 Å². The molecule has 0 aromatic heterocycles. The molecular formula is C7H15N2O+. The normalized spacial score (nSPS) is 25.7. The zero-order chi connectivity index (χ0) is 7.40. The largest absolute Gasteiger partial charge is 0.330 e. The van der Waals surface area contributed by atoms with Crippen molar-refractivity contribution in [3.05, 3.63) is 4.91 Å². The number of nitrogens with zero attached hydrogens (tertiary/aromatic N) is 1. The number of nitrogens with two attached hydrogens (primary N) is 1. The molecular weight excluding hydrogens is 128 g/mol. The van der Waals surface area contributed by atoms with Crippen LogP contribution in [0.1, 0.15) is 25.7 Å². The first-order valence-electron chi connectivity index (χ1n) is 3.98. The van der Waals surface area contributed by atoms with Crippen LogP contribution in [-0.2, 0) is 0 Å². The molecule has 0 amide bonds. The maximum absolute atomic E-state index is 11.0. The lowest BCUT2D eigenvalue weighted by Gasteiger charge is -1.97. The first-order chi connectivity index (χ1) is 4.84. The third-order valence-corrected chi connectivity index (χ3v) is 2.06. The van der Waals surface area contributed by atoms with E-state index in [9.17, 15) is 4.91 Å². The van der Waals surface area contributed by atoms with Gasteiger partial charge >= 0.3 is 0 Å². The summed E-state index contributed by atoms with van der Waals surface area (Å²) in [6.45, 7) is 1.44. The highest BCUT2D eigenvalue weighted by atomic mass is 16.3. The summed E-state index contributed by atoms with van der Waals surface area (Å²) < 4.78 is 1.20. The Hall–Kier alpha value is -0.440. The monoisotopic (exact) mass is 143 g/mol. The topological polar surface area (TPSA) is 46.1 Å². The summed E-state index contributed by atoms with van der Waals surface area (Å²) in [6, 6.07) is 0.281. The van der Waals surface area contributed by atoms with Crippen molar-refractivity contribution in [3.63, 3.8) is 0 Å². The number of nitroso groups, excluding NO2 is 1. The van der Waals surface area contributed by atoms with Gasteiger partial charge in [-0.1, -0.05) is 0 Å². The quantitative estimate of drug-likeness (QED) is 0.590. The Labute approximate surface area is 61.2 Å². The molecule has 3 heteroatoms. The van der Waals surface area contributed by atoms with Crippen LogP contribution in [0.4, 0.5) is 0 Å². The van der Waals surface area contributed by atoms with Gasteiger partial charge in [-0.2, -0.15) is 0 Å². The van der Waals surface area contributed by atoms with Crippen LogP contribution in [-0.4, -0.2) is 23.9 Å². The molecule has 1 saturated heterocycles. The fourth-order valence-electron chi connectivity index (χ4n) is 1.45. The van der Waals surface area contributed by atoms with Crippen molar-refractivity contribution >= 4 is 0 Å². The molecule has 1 unspecified atom stereocenters. The lowest BCUT2D eigenvalue weighted by molar-refractivity contribution is -0.565. The highest BCUT2D eigenvalue weighted by molar-refractivity contribution is 4.62. The van der Waals surface area contributed by atoms with Crippen molar-refractivity contribution in [3.8, 4) is 0 Å². The van der Waals surface area contributed by atoms with E-state index in [1.54, 1.807) is 0 Å². The third-order valence-electron chi connectivity index (χ3n) is 2.06. The minimum Gasteiger partial charge on any atom is -0.330 e. The molecule has 1 aliphatic heterocycles. The first-order valence-corrected chi connectivity index (χ1v) is 3.98. The van der Waals surface area contributed by atoms with Gasteiger partial charge in [0, 0.05) is 28.9 Å². The van der Waals surface area contributed by atoms with Crippen LogP contribution in [0, 0.1) is 4.91 Å². The van der Waals surface area contributed by atoms with Crippen molar-refractivity contribution in [1.29, 1.82) is 0 Å². The van der Waals surface area contributed by atoms with Crippen LogP contribution in [0.25, 0.3) is 0 Å². The van der Waals surface area contributed by atoms with Crippen molar-refractivity contribution in [2.24, 2.45) is 5.73 Å². The van der Waals surface area contributed by atoms with E-state index in [0.29, 0.717) is 6.54 Å². The summed E-state index contributed by atoms with van der Waals surface area (Å²) in [6.07, 6.45) is 4.12. The molecule has 1 atom stereocenters. The van der Waals surface area contributed by atoms with Crippen molar-refractivity contribution in [2.45, 2.75) is 31.7 Å². The smallest absolute Gasteiger partial charge is 0.201 e. The second kappa shape index (κ2) is 3.66. The maximum atomic E-state index is 11.0. The molecule has 0 spiro atoms. The van der Waals surface area contributed by atoms with Crippen LogP contribution in [0.3, 0.4) is 0 Å². The summed E-state index contributed by atoms with van der Waals surface area (Å²) in [5, 5.41) is 0. The fourth-order valence-corrected chi connectivity index (χ4v) is 1.45. The SMILES string of the molecule is NCCCC1CCC[N+]1=O. The highest BCUT2D eigenvalue weighted by Crippen LogP contribution is 2.15. The maximum Gasteiger partial charge on any atom is 0.201 e. The summed E-state index contributed by atoms with van der Waals surface area (Å²) in [4.78, 5) is 11.0. The molecule has 0 aromatic rings. The molecule has 1 fully saturated rings. The van der Waals surface area contributed by atoms with Gasteiger partial charge in [-0.25, -0.2) is 0 Å². The van der Waals surface area contributed by atoms with E-state index < -0.39 is 0 Å². The lowest BCUT2D eigenvalue weighted by atomic mass is 10.1. The Morgan fingerprint density at radius 3 is 2.90 bits per heavy atom. The van der Waals surface area contributed by atoms with E-state index in [-0.39, 0.29) is 6.04 Å². The fraction of sp³-hybridized carbons (Fsp3) is 1.00. The van der Waals surface area contributed by atoms with E-state index in [4.69, 9.17) is 5.73 Å². The molecule has 1 aliphatic rings. The van der Waals surface area contributed by atoms with Crippen LogP contribution in [0.5, 0.6) is 0 Å². The molecule has 0 radical (unpaired) electrons. The molecule has 1 rings (SSSR count). The van der Waals surface area contributed by atoms with Crippen LogP contribution in [0.2, 0.25) is 0 Å². The summed E-state index contributed by atoms with van der Waals surface area (Å²) in [7, 11) is 0. The van der Waals surface area contributed by atoms with Gasteiger partial charge in [0.1, 0.15) is 0 Å². The second-order valence-electron chi connectivity index (χ2n) is 2.87. The van der Waals surface area contributed by atoms with E-state index in [0.717, 1.165) is 32.2 Å². The van der Waals surface area contributed by atoms with Gasteiger partial charge in [0.2, 0.25) is 6.04 Å². The summed E-state index contributed by atoms with van der Waals surface area (Å²) in [5.74, 6) is 0. The molecule has 0 saturated carbocycles. The van der Waals surface area contributed by atoms with Crippen LogP contribution in [0.15, 0.2) is 0 Å². The Morgan fingerprint density at radius 2 is 2.40 bits per heavy atom. The Balaban J connectivity index is 2.20. The van der Waals surface area contributed by atoms with Crippen molar-refractivity contribution < 1.29 is 4.76 Å². The average Bonchev–Trinajstić information content (AvgIpc) is 2.31. The minimum absolute atomic E-state index is 0.281. The van der Waals surface area contributed by atoms with Crippen molar-refractivity contribution in [1.82, 2.24) is 0 Å². The highest BCUT2D eigenvalue weighted by Gasteiger charge is 2.30. The Kier molecular flexibility index (Phi) is 2.81. The Bertz CT molecular complexity index is 125. The van der Waals surface area contributed by atoms with Gasteiger partial charge < -0.3 is 5.73 Å². The predicted molar refractivity (Wildman–Crippen MR) is 39.8 cm³/mol. The lowest BCUT2D eigenvalue weighted by Crippen LogP contribution is -2.17. The summed E-state index contributed by atoms with van der Waals surface area (Å²) >= 11 is 0. The van der Waals surface area contributed by atoms with Gasteiger partial charge in [-0.05, 0) is 13.0 Å². The standard InChI is InChI=1S/C7H15N2O/c8-5-1-3-7-4-2-6-9(7)10/h7H,1-6,8H2/q+1. The van der Waals surface area contributed by atoms with Gasteiger partial charge in [-0.15, -0.1) is 0 Å². The molecule has 0 aliphatic carbocycles. The minimum atomic E-state index is 0.281. The van der Waals surface area contributed by atoms with E-state index in [2.05, 4.69) is 0 Å². The van der Waals surface area contributed by atoms with Crippen molar-refractivity contribution in [2.75, 3.05) is 13.1 Å². The molecule has 10 heavy (non-hydrogen) atoms. The van der Waals surface area contributed by atoms with Gasteiger partial charge in [-0.3, -0.25) is 0 Å². The predicted octanol–water partition coefficient (Wildman–Crippen LogP) is 0.667. The number of hydrogen-bond acceptors (Lipinski definition) is 2. The molecule has 0 bridgehead atoms. The number of rotatable bonds is 3. The molecule has 3 nitrogen and oxygen atoms in total. The van der Waals surface area contributed by atoms with Gasteiger partial charge in [0.15, 0.2) is 6.54 Å². The molecule has 2 N–H and O–H groups in total. The molecule has 0 aromatic carbocycles. The van der Waals surface area contributed by atoms with E-state index in [1.807, 2.05) is 0 Å². The Morgan fingerprint density at radius 1 is 1.60 bits per heavy atom. The number of hydrogen-bond donors (Lipinski definition) is 1.